The van der Waals surface area contributed by atoms with Gasteiger partial charge in [-0.05, 0) is 36.4 Å². The van der Waals surface area contributed by atoms with Crippen LogP contribution in [0.25, 0.3) is 0 Å². The first-order valence-corrected chi connectivity index (χ1v) is 8.10. The van der Waals surface area contributed by atoms with Gasteiger partial charge in [-0.3, -0.25) is 9.59 Å². The van der Waals surface area contributed by atoms with Gasteiger partial charge >= 0.3 is 0 Å². The Labute approximate surface area is 154 Å². The third-order valence-corrected chi connectivity index (χ3v) is 4.14. The number of carbonyl (C=O) groups excluding carboxylic acids is 2. The third-order valence-electron chi connectivity index (χ3n) is 4.14. The van der Waals surface area contributed by atoms with Crippen LogP contribution in [0.3, 0.4) is 0 Å². The van der Waals surface area contributed by atoms with Crippen LogP contribution >= 0.6 is 0 Å². The summed E-state index contributed by atoms with van der Waals surface area (Å²) in [5.41, 5.74) is 0.542. The predicted molar refractivity (Wildman–Crippen MR) is 95.6 cm³/mol. The number of ketones is 2. The van der Waals surface area contributed by atoms with Crippen LogP contribution in [0, 0.1) is 0 Å². The fraction of sp³-hybridized carbons (Fsp3) is 0.158. The van der Waals surface area contributed by atoms with Crippen molar-refractivity contribution in [3.8, 4) is 23.0 Å². The van der Waals surface area contributed by atoms with Gasteiger partial charge in [0.1, 0.15) is 0 Å². The van der Waals surface area contributed by atoms with Crippen LogP contribution in [0.15, 0.2) is 48.8 Å². The lowest BCUT2D eigenvalue weighted by atomic mass is 10.1. The van der Waals surface area contributed by atoms with Gasteiger partial charge in [-0.1, -0.05) is 0 Å². The zero-order valence-corrected chi connectivity index (χ0v) is 14.2. The van der Waals surface area contributed by atoms with Crippen LogP contribution in [0.1, 0.15) is 20.7 Å². The molecule has 0 saturated carbocycles. The average Bonchev–Trinajstić information content (AvgIpc) is 3.06. The van der Waals surface area contributed by atoms with E-state index in [0.29, 0.717) is 6.67 Å². The number of Topliss-reactive ketones (excluding diaryl/α,β-unsaturated/α-hetero) is 2. The molecule has 2 aromatic carbocycles. The molecule has 0 aromatic heterocycles. The summed E-state index contributed by atoms with van der Waals surface area (Å²) >= 11 is 0. The Morgan fingerprint density at radius 1 is 0.704 bits per heavy atom. The molecule has 27 heavy (non-hydrogen) atoms. The van der Waals surface area contributed by atoms with Crippen molar-refractivity contribution in [2.24, 2.45) is 0 Å². The van der Waals surface area contributed by atoms with Gasteiger partial charge in [0.05, 0.1) is 19.8 Å². The lowest BCUT2D eigenvalue weighted by molar-refractivity contribution is 0.0920. The fourth-order valence-corrected chi connectivity index (χ4v) is 2.67. The Morgan fingerprint density at radius 2 is 1.11 bits per heavy atom. The van der Waals surface area contributed by atoms with E-state index in [0.717, 1.165) is 0 Å². The summed E-state index contributed by atoms with van der Waals surface area (Å²) in [6.07, 6.45) is 3.36. The molecule has 1 aliphatic rings. The molecular formula is C19H18N2O6. The lowest BCUT2D eigenvalue weighted by Crippen LogP contribution is -2.32. The van der Waals surface area contributed by atoms with Crippen molar-refractivity contribution >= 4 is 11.6 Å². The first kappa shape index (κ1) is 18.1. The van der Waals surface area contributed by atoms with Crippen molar-refractivity contribution in [1.82, 2.24) is 9.80 Å². The minimum Gasteiger partial charge on any atom is -0.504 e. The van der Waals surface area contributed by atoms with Crippen LogP contribution < -0.4 is 0 Å². The molecule has 0 amide bonds. The van der Waals surface area contributed by atoms with E-state index in [9.17, 15) is 30.0 Å². The molecule has 1 heterocycles. The lowest BCUT2D eigenvalue weighted by Gasteiger charge is -2.20. The number of nitrogens with zero attached hydrogens (tertiary/aromatic N) is 2. The Morgan fingerprint density at radius 3 is 1.48 bits per heavy atom. The normalized spacial score (nSPS) is 13.2. The number of hydrogen-bond acceptors (Lipinski definition) is 8. The smallest absolute Gasteiger partial charge is 0.182 e. The highest BCUT2D eigenvalue weighted by Crippen LogP contribution is 2.26. The second kappa shape index (κ2) is 7.28. The van der Waals surface area contributed by atoms with Gasteiger partial charge in [0.15, 0.2) is 34.6 Å². The van der Waals surface area contributed by atoms with Crippen molar-refractivity contribution in [3.63, 3.8) is 0 Å². The van der Waals surface area contributed by atoms with Crippen LogP contribution in [0.2, 0.25) is 0 Å². The molecule has 3 rings (SSSR count). The largest absolute Gasteiger partial charge is 0.504 e. The summed E-state index contributed by atoms with van der Waals surface area (Å²) in [6.45, 7) is 0.419. The summed E-state index contributed by atoms with van der Waals surface area (Å²) in [5.74, 6) is -1.79. The monoisotopic (exact) mass is 370 g/mol. The van der Waals surface area contributed by atoms with E-state index in [-0.39, 0.29) is 58.8 Å². The van der Waals surface area contributed by atoms with E-state index < -0.39 is 0 Å². The fourth-order valence-electron chi connectivity index (χ4n) is 2.67. The molecule has 0 bridgehead atoms. The minimum absolute atomic E-state index is 0.0470. The number of phenolic OH excluding ortho intramolecular Hbond substituents is 4. The van der Waals surface area contributed by atoms with E-state index in [4.69, 9.17) is 0 Å². The number of phenols is 4. The highest BCUT2D eigenvalue weighted by molar-refractivity contribution is 5.99. The van der Waals surface area contributed by atoms with Gasteiger partial charge in [0.25, 0.3) is 0 Å². The topological polar surface area (TPSA) is 122 Å². The number of rotatable bonds is 6. The molecule has 8 heteroatoms. The average molecular weight is 370 g/mol. The molecule has 8 nitrogen and oxygen atoms in total. The maximum Gasteiger partial charge on any atom is 0.182 e. The van der Waals surface area contributed by atoms with Crippen LogP contribution in [-0.2, 0) is 0 Å². The highest BCUT2D eigenvalue weighted by atomic mass is 16.3. The predicted octanol–water partition coefficient (Wildman–Crippen LogP) is 1.62. The second-order valence-corrected chi connectivity index (χ2v) is 6.19. The Hall–Kier alpha value is -3.68. The van der Waals surface area contributed by atoms with Crippen LogP contribution in [-0.4, -0.2) is 61.6 Å². The summed E-state index contributed by atoms with van der Waals surface area (Å²) < 4.78 is 0. The molecule has 0 radical (unpaired) electrons. The molecule has 4 N–H and O–H groups in total. The van der Waals surface area contributed by atoms with Crippen LogP contribution in [0.5, 0.6) is 23.0 Å². The minimum atomic E-state index is -0.359. The maximum absolute atomic E-state index is 12.3. The zero-order chi connectivity index (χ0) is 19.6. The Kier molecular flexibility index (Phi) is 4.89. The van der Waals surface area contributed by atoms with E-state index in [1.54, 1.807) is 22.2 Å². The molecule has 140 valence electrons. The number of benzene rings is 2. The van der Waals surface area contributed by atoms with Gasteiger partial charge in [-0.25, -0.2) is 0 Å². The summed E-state index contributed by atoms with van der Waals surface area (Å²) in [6, 6.07) is 7.76. The molecule has 0 atom stereocenters. The maximum atomic E-state index is 12.3. The third kappa shape index (κ3) is 4.12. The Bertz CT molecular complexity index is 851. The number of aromatic hydroxyl groups is 4. The molecule has 1 aliphatic heterocycles. The van der Waals surface area contributed by atoms with Crippen molar-refractivity contribution in [2.75, 3.05) is 19.8 Å². The Balaban J connectivity index is 1.56. The quantitative estimate of drug-likeness (QED) is 0.447. The van der Waals surface area contributed by atoms with E-state index in [1.807, 2.05) is 0 Å². The van der Waals surface area contributed by atoms with Gasteiger partial charge in [-0.15, -0.1) is 0 Å². The molecule has 0 fully saturated rings. The first-order chi connectivity index (χ1) is 12.8. The standard InChI is InChI=1S/C19H18N2O6/c22-14-3-1-12(7-16(14)24)18(26)9-20-5-6-21(11-20)10-19(27)13-2-4-15(23)17(25)8-13/h1-8,22-25H,9-11H2. The molecule has 0 unspecified atom stereocenters. The zero-order valence-electron chi connectivity index (χ0n) is 14.2. The number of carbonyl (C=O) groups is 2. The van der Waals surface area contributed by atoms with E-state index in [1.165, 1.54) is 36.4 Å². The van der Waals surface area contributed by atoms with E-state index in [2.05, 4.69) is 0 Å². The molecule has 0 aliphatic carbocycles. The van der Waals surface area contributed by atoms with Crippen molar-refractivity contribution < 1.29 is 30.0 Å². The van der Waals surface area contributed by atoms with Crippen molar-refractivity contribution in [3.05, 3.63) is 59.9 Å². The van der Waals surface area contributed by atoms with Crippen molar-refractivity contribution in [2.45, 2.75) is 0 Å². The summed E-state index contributed by atoms with van der Waals surface area (Å²) in [5, 5.41) is 37.6. The molecule has 0 saturated heterocycles. The van der Waals surface area contributed by atoms with Crippen LogP contribution in [0.4, 0.5) is 0 Å². The van der Waals surface area contributed by atoms with E-state index >= 15 is 0 Å². The number of hydrogen-bond donors (Lipinski definition) is 4. The van der Waals surface area contributed by atoms with Gasteiger partial charge in [0, 0.05) is 23.5 Å². The van der Waals surface area contributed by atoms with Gasteiger partial charge < -0.3 is 30.2 Å². The SMILES string of the molecule is O=C(CN1C=CN(CC(=O)c2ccc(O)c(O)c2)C1)c1ccc(O)c(O)c1. The molecule has 2 aromatic rings. The summed E-state index contributed by atoms with van der Waals surface area (Å²) in [7, 11) is 0. The highest BCUT2D eigenvalue weighted by Gasteiger charge is 2.20. The summed E-state index contributed by atoms with van der Waals surface area (Å²) in [4.78, 5) is 28.0. The van der Waals surface area contributed by atoms with Gasteiger partial charge in [-0.2, -0.15) is 0 Å². The van der Waals surface area contributed by atoms with Crippen molar-refractivity contribution in [1.29, 1.82) is 0 Å². The first-order valence-electron chi connectivity index (χ1n) is 8.10. The van der Waals surface area contributed by atoms with Gasteiger partial charge in [0.2, 0.25) is 0 Å². The molecule has 0 spiro atoms. The second-order valence-electron chi connectivity index (χ2n) is 6.19. The molecular weight excluding hydrogens is 352 g/mol.